The Balaban J connectivity index is 1.62. The van der Waals surface area contributed by atoms with Crippen molar-refractivity contribution in [3.05, 3.63) is 70.2 Å². The molecular formula is C17H14ClN3OS2. The van der Waals surface area contributed by atoms with Gasteiger partial charge in [0.05, 0.1) is 10.6 Å². The molecule has 24 heavy (non-hydrogen) atoms. The van der Waals surface area contributed by atoms with Gasteiger partial charge in [-0.15, -0.1) is 10.2 Å². The van der Waals surface area contributed by atoms with E-state index in [1.54, 1.807) is 23.9 Å². The molecule has 0 bridgehead atoms. The van der Waals surface area contributed by atoms with Crippen LogP contribution >= 0.6 is 34.7 Å². The lowest BCUT2D eigenvalue weighted by Crippen LogP contribution is -2.12. The summed E-state index contributed by atoms with van der Waals surface area (Å²) in [5, 5.41) is 11.7. The quantitative estimate of drug-likeness (QED) is 0.501. The van der Waals surface area contributed by atoms with Gasteiger partial charge < -0.3 is 0 Å². The Kier molecular flexibility index (Phi) is 5.50. The van der Waals surface area contributed by atoms with Crippen molar-refractivity contribution in [2.24, 2.45) is 0 Å². The fraction of sp³-hybridized carbons (Fsp3) is 0.118. The summed E-state index contributed by atoms with van der Waals surface area (Å²) in [5.74, 6) is 0.531. The third-order valence-corrected chi connectivity index (χ3v) is 5.56. The maximum Gasteiger partial charge on any atom is 0.259 e. The normalized spacial score (nSPS) is 10.6. The van der Waals surface area contributed by atoms with Crippen LogP contribution in [0, 0.1) is 6.92 Å². The summed E-state index contributed by atoms with van der Waals surface area (Å²) in [7, 11) is 0. The minimum atomic E-state index is -0.282. The topological polar surface area (TPSA) is 54.9 Å². The first kappa shape index (κ1) is 17.0. The molecule has 3 aromatic rings. The summed E-state index contributed by atoms with van der Waals surface area (Å²) >= 11 is 9.06. The van der Waals surface area contributed by atoms with Gasteiger partial charge in [0.1, 0.15) is 0 Å². The fourth-order valence-electron chi connectivity index (χ4n) is 2.01. The molecule has 0 atom stereocenters. The number of aromatic nitrogens is 2. The van der Waals surface area contributed by atoms with E-state index < -0.39 is 0 Å². The van der Waals surface area contributed by atoms with Gasteiger partial charge in [-0.05, 0) is 30.2 Å². The standard InChI is InChI=1S/C17H14ClN3OS2/c1-11-7-8-13(14(18)9-11)15(22)19-16-20-21-17(24-16)23-10-12-5-3-2-4-6-12/h2-9H,10H2,1H3,(H,19,20,22). The molecule has 0 saturated carbocycles. The molecule has 0 radical (unpaired) electrons. The number of anilines is 1. The highest BCUT2D eigenvalue weighted by Gasteiger charge is 2.13. The number of benzene rings is 2. The molecule has 0 aliphatic rings. The Morgan fingerprint density at radius 2 is 2.00 bits per heavy atom. The van der Waals surface area contributed by atoms with Crippen LogP contribution in [0.5, 0.6) is 0 Å². The maximum atomic E-state index is 12.3. The summed E-state index contributed by atoms with van der Waals surface area (Å²) < 4.78 is 0.809. The SMILES string of the molecule is Cc1ccc(C(=O)Nc2nnc(SCc3ccccc3)s2)c(Cl)c1. The number of aryl methyl sites for hydroxylation is 1. The summed E-state index contributed by atoms with van der Waals surface area (Å²) in [6.45, 7) is 1.93. The van der Waals surface area contributed by atoms with Crippen molar-refractivity contribution in [1.82, 2.24) is 10.2 Å². The first-order chi connectivity index (χ1) is 11.6. The number of nitrogens with one attached hydrogen (secondary N) is 1. The van der Waals surface area contributed by atoms with E-state index >= 15 is 0 Å². The van der Waals surface area contributed by atoms with Crippen LogP contribution in [0.2, 0.25) is 5.02 Å². The van der Waals surface area contributed by atoms with Crippen molar-refractivity contribution in [1.29, 1.82) is 0 Å². The zero-order valence-corrected chi connectivity index (χ0v) is 15.2. The molecule has 2 aromatic carbocycles. The Hall–Kier alpha value is -1.89. The van der Waals surface area contributed by atoms with Crippen LogP contribution in [-0.2, 0) is 5.75 Å². The summed E-state index contributed by atoms with van der Waals surface area (Å²) in [6, 6.07) is 15.5. The highest BCUT2D eigenvalue weighted by Crippen LogP contribution is 2.29. The summed E-state index contributed by atoms with van der Waals surface area (Å²) in [6.07, 6.45) is 0. The van der Waals surface area contributed by atoms with Gasteiger partial charge in [0.25, 0.3) is 5.91 Å². The van der Waals surface area contributed by atoms with E-state index in [1.807, 2.05) is 31.2 Å². The average Bonchev–Trinajstić information content (AvgIpc) is 3.01. The van der Waals surface area contributed by atoms with Gasteiger partial charge in [0.2, 0.25) is 5.13 Å². The van der Waals surface area contributed by atoms with E-state index in [4.69, 9.17) is 11.6 Å². The minimum Gasteiger partial charge on any atom is -0.296 e. The zero-order chi connectivity index (χ0) is 16.9. The highest BCUT2D eigenvalue weighted by atomic mass is 35.5. The Morgan fingerprint density at radius 3 is 2.75 bits per heavy atom. The first-order valence-electron chi connectivity index (χ1n) is 7.19. The minimum absolute atomic E-state index is 0.282. The predicted octanol–water partition coefficient (Wildman–Crippen LogP) is 5.04. The largest absolute Gasteiger partial charge is 0.296 e. The molecule has 0 aliphatic heterocycles. The van der Waals surface area contributed by atoms with E-state index in [-0.39, 0.29) is 5.91 Å². The monoisotopic (exact) mass is 375 g/mol. The van der Waals surface area contributed by atoms with E-state index in [0.717, 1.165) is 15.7 Å². The third kappa shape index (κ3) is 4.35. The molecular weight excluding hydrogens is 362 g/mol. The number of nitrogens with zero attached hydrogens (tertiary/aromatic N) is 2. The number of rotatable bonds is 5. The Bertz CT molecular complexity index is 852. The second-order valence-corrected chi connectivity index (χ2v) is 7.69. The van der Waals surface area contributed by atoms with Crippen molar-refractivity contribution in [3.8, 4) is 0 Å². The van der Waals surface area contributed by atoms with Crippen LogP contribution in [0.1, 0.15) is 21.5 Å². The molecule has 1 N–H and O–H groups in total. The number of thioether (sulfide) groups is 1. The Morgan fingerprint density at radius 1 is 1.21 bits per heavy atom. The van der Waals surface area contributed by atoms with Gasteiger partial charge in [-0.3, -0.25) is 10.1 Å². The molecule has 0 aliphatic carbocycles. The summed E-state index contributed by atoms with van der Waals surface area (Å²) in [4.78, 5) is 12.3. The first-order valence-corrected chi connectivity index (χ1v) is 9.37. The fourth-order valence-corrected chi connectivity index (χ4v) is 4.03. The number of hydrogen-bond acceptors (Lipinski definition) is 5. The van der Waals surface area contributed by atoms with Crippen molar-refractivity contribution in [2.45, 2.75) is 17.0 Å². The predicted molar refractivity (Wildman–Crippen MR) is 100 cm³/mol. The number of amides is 1. The average molecular weight is 376 g/mol. The van der Waals surface area contributed by atoms with Crippen molar-refractivity contribution in [2.75, 3.05) is 5.32 Å². The molecule has 3 rings (SSSR count). The van der Waals surface area contributed by atoms with Crippen molar-refractivity contribution in [3.63, 3.8) is 0 Å². The number of hydrogen-bond donors (Lipinski definition) is 1. The molecule has 1 heterocycles. The van der Waals surface area contributed by atoms with E-state index in [2.05, 4.69) is 27.6 Å². The van der Waals surface area contributed by atoms with Gasteiger partial charge in [0, 0.05) is 5.75 Å². The molecule has 0 spiro atoms. The van der Waals surface area contributed by atoms with Gasteiger partial charge in [0.15, 0.2) is 4.34 Å². The van der Waals surface area contributed by atoms with E-state index in [0.29, 0.717) is 15.7 Å². The van der Waals surface area contributed by atoms with E-state index in [9.17, 15) is 4.79 Å². The Labute approximate surface area is 153 Å². The second kappa shape index (κ2) is 7.79. The smallest absolute Gasteiger partial charge is 0.259 e. The lowest BCUT2D eigenvalue weighted by Gasteiger charge is -2.04. The molecule has 122 valence electrons. The molecule has 4 nitrogen and oxygen atoms in total. The van der Waals surface area contributed by atoms with Crippen molar-refractivity contribution < 1.29 is 4.79 Å². The maximum absolute atomic E-state index is 12.3. The van der Waals surface area contributed by atoms with Gasteiger partial charge in [-0.1, -0.05) is 71.1 Å². The summed E-state index contributed by atoms with van der Waals surface area (Å²) in [5.41, 5.74) is 2.65. The third-order valence-electron chi connectivity index (χ3n) is 3.20. The molecule has 0 saturated heterocycles. The van der Waals surface area contributed by atoms with Crippen LogP contribution in [0.4, 0.5) is 5.13 Å². The van der Waals surface area contributed by atoms with Crippen LogP contribution in [0.3, 0.4) is 0 Å². The van der Waals surface area contributed by atoms with Crippen LogP contribution in [0.25, 0.3) is 0 Å². The molecule has 0 unspecified atom stereocenters. The van der Waals surface area contributed by atoms with Crippen molar-refractivity contribution >= 4 is 45.7 Å². The van der Waals surface area contributed by atoms with Crippen LogP contribution < -0.4 is 5.32 Å². The zero-order valence-electron chi connectivity index (χ0n) is 12.8. The van der Waals surface area contributed by atoms with E-state index in [1.165, 1.54) is 16.9 Å². The molecule has 1 amide bonds. The second-order valence-electron chi connectivity index (χ2n) is 5.08. The van der Waals surface area contributed by atoms with Gasteiger partial charge in [-0.25, -0.2) is 0 Å². The van der Waals surface area contributed by atoms with Gasteiger partial charge >= 0.3 is 0 Å². The van der Waals surface area contributed by atoms with Crippen LogP contribution in [0.15, 0.2) is 52.9 Å². The van der Waals surface area contributed by atoms with Crippen LogP contribution in [-0.4, -0.2) is 16.1 Å². The molecule has 1 aromatic heterocycles. The number of carbonyl (C=O) groups excluding carboxylic acids is 1. The molecule has 7 heteroatoms. The lowest BCUT2D eigenvalue weighted by atomic mass is 10.1. The number of halogens is 1. The number of carbonyl (C=O) groups is 1. The molecule has 0 fully saturated rings. The highest BCUT2D eigenvalue weighted by molar-refractivity contribution is 8.00. The van der Waals surface area contributed by atoms with Gasteiger partial charge in [-0.2, -0.15) is 0 Å². The lowest BCUT2D eigenvalue weighted by molar-refractivity contribution is 0.102.